The number of hydrogen-bond donors (Lipinski definition) is 2. The first-order valence-electron chi connectivity index (χ1n) is 4.34. The molecule has 0 aliphatic carbocycles. The second-order valence-electron chi connectivity index (χ2n) is 3.10. The largest absolute Gasteiger partial charge is 0.384 e. The fraction of sp³-hybridized carbons (Fsp3) is 0.875. The first-order valence-corrected chi connectivity index (χ1v) is 4.34. The van der Waals surface area contributed by atoms with Crippen LogP contribution in [-0.2, 0) is 4.74 Å². The first-order chi connectivity index (χ1) is 5.83. The van der Waals surface area contributed by atoms with Gasteiger partial charge in [0.15, 0.2) is 5.96 Å². The Hall–Kier alpha value is -0.770. The van der Waals surface area contributed by atoms with E-state index >= 15 is 0 Å². The van der Waals surface area contributed by atoms with Crippen LogP contribution in [0.4, 0.5) is 0 Å². The van der Waals surface area contributed by atoms with Crippen molar-refractivity contribution in [3.8, 4) is 0 Å². The lowest BCUT2D eigenvalue weighted by molar-refractivity contribution is 0.161. The van der Waals surface area contributed by atoms with Crippen molar-refractivity contribution >= 4 is 5.96 Å². The molecule has 1 rings (SSSR count). The van der Waals surface area contributed by atoms with Crippen LogP contribution in [0.5, 0.6) is 0 Å². The van der Waals surface area contributed by atoms with Crippen LogP contribution >= 0.6 is 0 Å². The number of guanidine groups is 1. The van der Waals surface area contributed by atoms with E-state index in [0.29, 0.717) is 5.92 Å². The molecular weight excluding hydrogens is 154 g/mol. The van der Waals surface area contributed by atoms with Gasteiger partial charge in [-0.25, -0.2) is 0 Å². The maximum Gasteiger partial charge on any atom is 0.191 e. The van der Waals surface area contributed by atoms with Crippen molar-refractivity contribution in [3.63, 3.8) is 0 Å². The summed E-state index contributed by atoms with van der Waals surface area (Å²) < 4.78 is 5.02. The summed E-state index contributed by atoms with van der Waals surface area (Å²) in [4.78, 5) is 4.22. The Bertz CT molecular complexity index is 158. The van der Waals surface area contributed by atoms with E-state index in [1.807, 2.05) is 0 Å². The van der Waals surface area contributed by atoms with Crippen LogP contribution in [0.25, 0.3) is 0 Å². The summed E-state index contributed by atoms with van der Waals surface area (Å²) in [5.74, 6) is 1.46. The summed E-state index contributed by atoms with van der Waals surface area (Å²) in [7, 11) is 1.72. The molecule has 1 atom stereocenters. The highest BCUT2D eigenvalue weighted by Crippen LogP contribution is 1.92. The molecule has 0 saturated carbocycles. The minimum absolute atomic E-state index is 0.528. The summed E-state index contributed by atoms with van der Waals surface area (Å²) in [6.07, 6.45) is 0. The lowest BCUT2D eigenvalue weighted by atomic mass is 10.2. The minimum Gasteiger partial charge on any atom is -0.384 e. The molecule has 1 aliphatic rings. The Morgan fingerprint density at radius 2 is 2.58 bits per heavy atom. The van der Waals surface area contributed by atoms with Crippen molar-refractivity contribution in [1.82, 2.24) is 10.6 Å². The second kappa shape index (κ2) is 4.98. The van der Waals surface area contributed by atoms with E-state index in [0.717, 1.165) is 32.2 Å². The van der Waals surface area contributed by atoms with E-state index in [-0.39, 0.29) is 0 Å². The van der Waals surface area contributed by atoms with Gasteiger partial charge in [0.1, 0.15) is 0 Å². The van der Waals surface area contributed by atoms with Crippen LogP contribution in [0.2, 0.25) is 0 Å². The zero-order valence-electron chi connectivity index (χ0n) is 7.76. The van der Waals surface area contributed by atoms with Gasteiger partial charge >= 0.3 is 0 Å². The van der Waals surface area contributed by atoms with Gasteiger partial charge in [-0.05, 0) is 5.92 Å². The lowest BCUT2D eigenvalue weighted by Gasteiger charge is -2.12. The quantitative estimate of drug-likeness (QED) is 0.616. The van der Waals surface area contributed by atoms with Crippen molar-refractivity contribution in [1.29, 1.82) is 0 Å². The Morgan fingerprint density at radius 1 is 1.75 bits per heavy atom. The van der Waals surface area contributed by atoms with E-state index in [1.165, 1.54) is 0 Å². The zero-order chi connectivity index (χ0) is 8.81. The molecule has 0 fully saturated rings. The molecular formula is C8H17N3O. The highest BCUT2D eigenvalue weighted by Gasteiger charge is 2.05. The predicted molar refractivity (Wildman–Crippen MR) is 49.3 cm³/mol. The molecule has 0 aromatic carbocycles. The topological polar surface area (TPSA) is 45.6 Å². The third-order valence-corrected chi connectivity index (χ3v) is 1.74. The van der Waals surface area contributed by atoms with Crippen LogP contribution in [0.3, 0.4) is 0 Å². The summed E-state index contributed by atoms with van der Waals surface area (Å²) in [6, 6.07) is 0. The van der Waals surface area contributed by atoms with Gasteiger partial charge in [0, 0.05) is 20.2 Å². The second-order valence-corrected chi connectivity index (χ2v) is 3.10. The summed E-state index contributed by atoms with van der Waals surface area (Å²) in [5.41, 5.74) is 0. The maximum absolute atomic E-state index is 5.02. The van der Waals surface area contributed by atoms with Gasteiger partial charge in [0.2, 0.25) is 0 Å². The van der Waals surface area contributed by atoms with E-state index in [9.17, 15) is 0 Å². The smallest absolute Gasteiger partial charge is 0.191 e. The highest BCUT2D eigenvalue weighted by atomic mass is 16.5. The Morgan fingerprint density at radius 3 is 3.17 bits per heavy atom. The van der Waals surface area contributed by atoms with E-state index in [4.69, 9.17) is 4.74 Å². The predicted octanol–water partition coefficient (Wildman–Crippen LogP) is -0.182. The standard InChI is InChI=1S/C8H17N3O/c1-7(6-12-2)5-11-8-9-3-4-10-8/h7H,3-6H2,1-2H3,(H2,9,10,11). The SMILES string of the molecule is COCC(C)CNC1=NCCN1. The number of aliphatic imine (C=N–C) groups is 1. The van der Waals surface area contributed by atoms with Gasteiger partial charge in [0.05, 0.1) is 13.2 Å². The van der Waals surface area contributed by atoms with Crippen molar-refractivity contribution < 1.29 is 4.74 Å². The zero-order valence-corrected chi connectivity index (χ0v) is 7.76. The fourth-order valence-electron chi connectivity index (χ4n) is 1.13. The van der Waals surface area contributed by atoms with E-state index in [1.54, 1.807) is 7.11 Å². The summed E-state index contributed by atoms with van der Waals surface area (Å²) >= 11 is 0. The molecule has 70 valence electrons. The number of rotatable bonds is 4. The molecule has 0 bridgehead atoms. The Labute approximate surface area is 73.4 Å². The number of nitrogens with zero attached hydrogens (tertiary/aromatic N) is 1. The monoisotopic (exact) mass is 171 g/mol. The molecule has 2 N–H and O–H groups in total. The number of methoxy groups -OCH3 is 1. The molecule has 4 heteroatoms. The molecule has 0 radical (unpaired) electrons. The molecule has 0 amide bonds. The number of hydrogen-bond acceptors (Lipinski definition) is 4. The van der Waals surface area contributed by atoms with Gasteiger partial charge in [-0.1, -0.05) is 6.92 Å². The molecule has 0 aromatic rings. The fourth-order valence-corrected chi connectivity index (χ4v) is 1.13. The van der Waals surface area contributed by atoms with Crippen molar-refractivity contribution in [2.75, 3.05) is 33.4 Å². The van der Waals surface area contributed by atoms with Gasteiger partial charge in [-0.2, -0.15) is 0 Å². The minimum atomic E-state index is 0.528. The lowest BCUT2D eigenvalue weighted by Crippen LogP contribution is -2.37. The van der Waals surface area contributed by atoms with Gasteiger partial charge in [-0.3, -0.25) is 4.99 Å². The Balaban J connectivity index is 2.07. The molecule has 0 aromatic heterocycles. The first kappa shape index (κ1) is 9.32. The molecule has 0 spiro atoms. The Kier molecular flexibility index (Phi) is 3.87. The maximum atomic E-state index is 5.02. The van der Waals surface area contributed by atoms with Crippen molar-refractivity contribution in [2.45, 2.75) is 6.92 Å². The van der Waals surface area contributed by atoms with Gasteiger partial charge in [-0.15, -0.1) is 0 Å². The molecule has 0 saturated heterocycles. The number of ether oxygens (including phenoxy) is 1. The van der Waals surface area contributed by atoms with Gasteiger partial charge in [0.25, 0.3) is 0 Å². The van der Waals surface area contributed by atoms with Crippen molar-refractivity contribution in [3.05, 3.63) is 0 Å². The number of nitrogens with one attached hydrogen (secondary N) is 2. The normalized spacial score (nSPS) is 18.3. The molecule has 1 unspecified atom stereocenters. The van der Waals surface area contributed by atoms with Crippen LogP contribution in [0, 0.1) is 5.92 Å². The molecule has 12 heavy (non-hydrogen) atoms. The van der Waals surface area contributed by atoms with E-state index < -0.39 is 0 Å². The van der Waals surface area contributed by atoms with Crippen LogP contribution in [-0.4, -0.2) is 39.3 Å². The van der Waals surface area contributed by atoms with Crippen LogP contribution < -0.4 is 10.6 Å². The summed E-state index contributed by atoms with van der Waals surface area (Å²) in [6.45, 7) is 5.70. The third kappa shape index (κ3) is 3.09. The highest BCUT2D eigenvalue weighted by molar-refractivity contribution is 5.81. The summed E-state index contributed by atoms with van der Waals surface area (Å²) in [5, 5.41) is 6.38. The molecule has 4 nitrogen and oxygen atoms in total. The van der Waals surface area contributed by atoms with E-state index in [2.05, 4.69) is 22.5 Å². The molecule has 1 aliphatic heterocycles. The van der Waals surface area contributed by atoms with Crippen LogP contribution in [0.15, 0.2) is 4.99 Å². The average molecular weight is 171 g/mol. The third-order valence-electron chi connectivity index (χ3n) is 1.74. The average Bonchev–Trinajstić information content (AvgIpc) is 2.53. The van der Waals surface area contributed by atoms with Crippen LogP contribution in [0.1, 0.15) is 6.92 Å². The molecule has 1 heterocycles. The van der Waals surface area contributed by atoms with Gasteiger partial charge < -0.3 is 15.4 Å². The van der Waals surface area contributed by atoms with Crippen molar-refractivity contribution in [2.24, 2.45) is 10.9 Å².